The van der Waals surface area contributed by atoms with Crippen LogP contribution in [0.5, 0.6) is 0 Å². The molecule has 0 unspecified atom stereocenters. The highest BCUT2D eigenvalue weighted by molar-refractivity contribution is 5.86. The van der Waals surface area contributed by atoms with Crippen molar-refractivity contribution in [2.75, 3.05) is 6.61 Å². The van der Waals surface area contributed by atoms with Crippen LogP contribution in [0.25, 0.3) is 0 Å². The molecule has 0 atom stereocenters. The predicted octanol–water partition coefficient (Wildman–Crippen LogP) is 2.40. The van der Waals surface area contributed by atoms with Gasteiger partial charge in [0.25, 0.3) is 0 Å². The molecule has 0 aromatic heterocycles. The number of ketones is 1. The maximum absolute atomic E-state index is 13.0. The molecule has 1 aliphatic rings. The average Bonchev–Trinajstić information content (AvgIpc) is 2.18. The van der Waals surface area contributed by atoms with Crippen LogP contribution in [0, 0.1) is 11.3 Å². The van der Waals surface area contributed by atoms with Crippen LogP contribution in [0.2, 0.25) is 0 Å². The quantitative estimate of drug-likeness (QED) is 0.793. The minimum atomic E-state index is -2.66. The van der Waals surface area contributed by atoms with E-state index in [1.54, 1.807) is 13.8 Å². The van der Waals surface area contributed by atoms with Gasteiger partial charge in [-0.3, -0.25) is 4.79 Å². The molecule has 88 valence electrons. The van der Waals surface area contributed by atoms with E-state index >= 15 is 0 Å². The first-order valence-corrected chi connectivity index (χ1v) is 5.36. The van der Waals surface area contributed by atoms with Crippen molar-refractivity contribution in [3.8, 4) is 0 Å². The lowest BCUT2D eigenvalue weighted by Gasteiger charge is -2.38. The van der Waals surface area contributed by atoms with Gasteiger partial charge >= 0.3 is 0 Å². The summed E-state index contributed by atoms with van der Waals surface area (Å²) in [4.78, 5) is 11.9. The Morgan fingerprint density at radius 3 is 2.07 bits per heavy atom. The van der Waals surface area contributed by atoms with Crippen LogP contribution in [0.15, 0.2) is 0 Å². The largest absolute Gasteiger partial charge is 0.395 e. The Morgan fingerprint density at radius 1 is 1.27 bits per heavy atom. The summed E-state index contributed by atoms with van der Waals surface area (Å²) in [5, 5.41) is 9.27. The van der Waals surface area contributed by atoms with Crippen LogP contribution in [0.1, 0.15) is 39.5 Å². The lowest BCUT2D eigenvalue weighted by atomic mass is 9.68. The van der Waals surface area contributed by atoms with Crippen molar-refractivity contribution in [3.63, 3.8) is 0 Å². The van der Waals surface area contributed by atoms with Crippen molar-refractivity contribution < 1.29 is 18.7 Å². The number of aliphatic hydroxyl groups is 1. The number of rotatable bonds is 3. The van der Waals surface area contributed by atoms with E-state index in [1.807, 2.05) is 0 Å². The zero-order valence-electron chi connectivity index (χ0n) is 9.22. The van der Waals surface area contributed by atoms with Crippen LogP contribution >= 0.6 is 0 Å². The van der Waals surface area contributed by atoms with E-state index in [0.29, 0.717) is 0 Å². The molecule has 0 saturated heterocycles. The molecule has 1 saturated carbocycles. The molecule has 1 rings (SSSR count). The first kappa shape index (κ1) is 12.6. The van der Waals surface area contributed by atoms with Crippen LogP contribution in [-0.4, -0.2) is 23.4 Å². The number of Topliss-reactive ketones (excluding diaryl/α,β-unsaturated/α-hetero) is 1. The lowest BCUT2D eigenvalue weighted by Crippen LogP contribution is -2.43. The minimum absolute atomic E-state index is 0.0829. The van der Waals surface area contributed by atoms with Gasteiger partial charge in [-0.05, 0) is 12.8 Å². The topological polar surface area (TPSA) is 37.3 Å². The van der Waals surface area contributed by atoms with Gasteiger partial charge in [-0.25, -0.2) is 8.78 Å². The number of carbonyl (C=O) groups is 1. The molecule has 15 heavy (non-hydrogen) atoms. The highest BCUT2D eigenvalue weighted by Crippen LogP contribution is 2.44. The fourth-order valence-electron chi connectivity index (χ4n) is 2.19. The Morgan fingerprint density at radius 2 is 1.73 bits per heavy atom. The van der Waals surface area contributed by atoms with Gasteiger partial charge in [0.15, 0.2) is 0 Å². The molecule has 0 amide bonds. The highest BCUT2D eigenvalue weighted by Gasteiger charge is 2.47. The summed E-state index contributed by atoms with van der Waals surface area (Å²) in [6.45, 7) is 3.18. The summed E-state index contributed by atoms with van der Waals surface area (Å²) in [7, 11) is 0. The number of hydrogen-bond donors (Lipinski definition) is 1. The fraction of sp³-hybridized carbons (Fsp3) is 0.909. The van der Waals surface area contributed by atoms with Gasteiger partial charge < -0.3 is 5.11 Å². The molecule has 2 nitrogen and oxygen atoms in total. The van der Waals surface area contributed by atoms with Gasteiger partial charge in [0.05, 0.1) is 12.0 Å². The Hall–Kier alpha value is -0.510. The second kappa shape index (κ2) is 4.16. The Bertz CT molecular complexity index is 239. The fourth-order valence-corrected chi connectivity index (χ4v) is 2.19. The second-order valence-electron chi connectivity index (χ2n) is 4.81. The van der Waals surface area contributed by atoms with Crippen LogP contribution in [-0.2, 0) is 4.79 Å². The molecular weight excluding hydrogens is 202 g/mol. The van der Waals surface area contributed by atoms with E-state index in [-0.39, 0.29) is 44.0 Å². The maximum Gasteiger partial charge on any atom is 0.248 e. The van der Waals surface area contributed by atoms with Gasteiger partial charge in [-0.2, -0.15) is 0 Å². The SMILES string of the molecule is CC(C)C(=O)C1(CO)CCC(F)(F)CC1. The summed E-state index contributed by atoms with van der Waals surface area (Å²) >= 11 is 0. The molecule has 0 aromatic carbocycles. The van der Waals surface area contributed by atoms with Gasteiger partial charge in [0.1, 0.15) is 5.78 Å². The average molecular weight is 220 g/mol. The number of halogens is 2. The van der Waals surface area contributed by atoms with Gasteiger partial charge in [-0.1, -0.05) is 13.8 Å². The zero-order valence-corrected chi connectivity index (χ0v) is 9.22. The molecular formula is C11H18F2O2. The lowest BCUT2D eigenvalue weighted by molar-refractivity contribution is -0.143. The predicted molar refractivity (Wildman–Crippen MR) is 52.8 cm³/mol. The molecule has 4 heteroatoms. The van der Waals surface area contributed by atoms with Gasteiger partial charge in [0.2, 0.25) is 5.92 Å². The van der Waals surface area contributed by atoms with E-state index in [2.05, 4.69) is 0 Å². The molecule has 0 aromatic rings. The standard InChI is InChI=1S/C11H18F2O2/c1-8(2)9(15)10(7-14)3-5-11(12,13)6-4-10/h8,14H,3-7H2,1-2H3. The van der Waals surface area contributed by atoms with Crippen molar-refractivity contribution in [3.05, 3.63) is 0 Å². The first-order valence-electron chi connectivity index (χ1n) is 5.36. The summed E-state index contributed by atoms with van der Waals surface area (Å²) in [5.74, 6) is -2.94. The smallest absolute Gasteiger partial charge is 0.248 e. The molecule has 1 fully saturated rings. The summed E-state index contributed by atoms with van der Waals surface area (Å²) in [5.41, 5.74) is -0.907. The van der Waals surface area contributed by atoms with E-state index in [1.165, 1.54) is 0 Å². The Balaban J connectivity index is 2.77. The molecule has 0 radical (unpaired) electrons. The summed E-state index contributed by atoms with van der Waals surface area (Å²) < 4.78 is 25.9. The number of aliphatic hydroxyl groups excluding tert-OH is 1. The van der Waals surface area contributed by atoms with E-state index < -0.39 is 11.3 Å². The monoisotopic (exact) mass is 220 g/mol. The number of carbonyl (C=O) groups excluding carboxylic acids is 1. The minimum Gasteiger partial charge on any atom is -0.395 e. The third-order valence-electron chi connectivity index (χ3n) is 3.29. The Kier molecular flexibility index (Phi) is 3.48. The van der Waals surface area contributed by atoms with Crippen LogP contribution < -0.4 is 0 Å². The van der Waals surface area contributed by atoms with Gasteiger partial charge in [0, 0.05) is 18.8 Å². The van der Waals surface area contributed by atoms with Crippen molar-refractivity contribution in [2.45, 2.75) is 45.5 Å². The molecule has 0 spiro atoms. The molecule has 0 aliphatic heterocycles. The van der Waals surface area contributed by atoms with E-state index in [0.717, 1.165) is 0 Å². The van der Waals surface area contributed by atoms with Crippen LogP contribution in [0.3, 0.4) is 0 Å². The third-order valence-corrected chi connectivity index (χ3v) is 3.29. The molecule has 1 N–H and O–H groups in total. The van der Waals surface area contributed by atoms with Crippen molar-refractivity contribution >= 4 is 5.78 Å². The second-order valence-corrected chi connectivity index (χ2v) is 4.81. The number of alkyl halides is 2. The van der Waals surface area contributed by atoms with Crippen molar-refractivity contribution in [1.82, 2.24) is 0 Å². The summed E-state index contributed by atoms with van der Waals surface area (Å²) in [6, 6.07) is 0. The zero-order chi connectivity index (χ0) is 11.7. The van der Waals surface area contributed by atoms with Crippen molar-refractivity contribution in [2.24, 2.45) is 11.3 Å². The normalized spacial score (nSPS) is 24.1. The van der Waals surface area contributed by atoms with E-state index in [4.69, 9.17) is 0 Å². The summed E-state index contributed by atoms with van der Waals surface area (Å²) in [6.07, 6.45) is -0.362. The Labute approximate surface area is 88.7 Å². The molecule has 0 bridgehead atoms. The van der Waals surface area contributed by atoms with E-state index in [9.17, 15) is 18.7 Å². The van der Waals surface area contributed by atoms with Crippen molar-refractivity contribution in [1.29, 1.82) is 0 Å². The van der Waals surface area contributed by atoms with Gasteiger partial charge in [-0.15, -0.1) is 0 Å². The maximum atomic E-state index is 13.0. The van der Waals surface area contributed by atoms with Crippen LogP contribution in [0.4, 0.5) is 8.78 Å². The number of hydrogen-bond acceptors (Lipinski definition) is 2. The first-order chi connectivity index (χ1) is 6.83. The highest BCUT2D eigenvalue weighted by atomic mass is 19.3. The third kappa shape index (κ3) is 2.54. The molecule has 0 heterocycles. The molecule has 1 aliphatic carbocycles.